The van der Waals surface area contributed by atoms with Gasteiger partial charge in [-0.1, -0.05) is 0 Å². The van der Waals surface area contributed by atoms with Crippen molar-refractivity contribution in [3.63, 3.8) is 0 Å². The first-order valence-corrected chi connectivity index (χ1v) is 7.28. The van der Waals surface area contributed by atoms with E-state index in [1.807, 2.05) is 24.7 Å². The molecule has 0 aliphatic carbocycles. The Bertz CT molecular complexity index is 591. The first kappa shape index (κ1) is 14.0. The number of pyridine rings is 1. The van der Waals surface area contributed by atoms with E-state index >= 15 is 0 Å². The van der Waals surface area contributed by atoms with Crippen molar-refractivity contribution in [3.8, 4) is 11.3 Å². The molecule has 1 fully saturated rings. The Morgan fingerprint density at radius 1 is 1.38 bits per heavy atom. The molecule has 0 saturated carbocycles. The molecular formula is C15H21N5O. The van der Waals surface area contributed by atoms with Gasteiger partial charge in [0.2, 0.25) is 0 Å². The number of nitrogens with zero attached hydrogens (tertiary/aromatic N) is 4. The van der Waals surface area contributed by atoms with E-state index in [0.717, 1.165) is 44.1 Å². The highest BCUT2D eigenvalue weighted by molar-refractivity contribution is 5.70. The molecule has 0 radical (unpaired) electrons. The average Bonchev–Trinajstić information content (AvgIpc) is 2.98. The van der Waals surface area contributed by atoms with E-state index in [1.165, 1.54) is 0 Å². The van der Waals surface area contributed by atoms with Crippen LogP contribution in [0.1, 0.15) is 13.0 Å². The molecule has 1 atom stereocenters. The summed E-state index contributed by atoms with van der Waals surface area (Å²) in [5.74, 6) is 0.540. The number of hydrogen-bond donors (Lipinski definition) is 1. The van der Waals surface area contributed by atoms with Gasteiger partial charge in [-0.3, -0.25) is 4.90 Å². The van der Waals surface area contributed by atoms with E-state index in [9.17, 15) is 0 Å². The molecule has 3 heterocycles. The molecule has 0 amide bonds. The molecule has 0 bridgehead atoms. The number of aromatic nitrogens is 3. The SMILES string of the molecule is CC(CN1CCOCC1)n1cncc1-c1cccnc1N. The molecule has 1 aliphatic rings. The van der Waals surface area contributed by atoms with Gasteiger partial charge in [-0.25, -0.2) is 9.97 Å². The van der Waals surface area contributed by atoms with Gasteiger partial charge in [0, 0.05) is 37.4 Å². The molecule has 2 aromatic rings. The number of hydrogen-bond acceptors (Lipinski definition) is 5. The third-order valence-electron chi connectivity index (χ3n) is 3.88. The summed E-state index contributed by atoms with van der Waals surface area (Å²) in [7, 11) is 0. The van der Waals surface area contributed by atoms with Gasteiger partial charge in [-0.15, -0.1) is 0 Å². The second-order valence-electron chi connectivity index (χ2n) is 5.38. The molecule has 1 saturated heterocycles. The van der Waals surface area contributed by atoms with Crippen LogP contribution in [0.5, 0.6) is 0 Å². The van der Waals surface area contributed by atoms with Crippen molar-refractivity contribution in [1.29, 1.82) is 0 Å². The average molecular weight is 287 g/mol. The van der Waals surface area contributed by atoms with E-state index < -0.39 is 0 Å². The van der Waals surface area contributed by atoms with Crippen molar-refractivity contribution in [2.45, 2.75) is 13.0 Å². The highest BCUT2D eigenvalue weighted by atomic mass is 16.5. The highest BCUT2D eigenvalue weighted by Gasteiger charge is 2.18. The molecule has 6 heteroatoms. The molecule has 2 N–H and O–H groups in total. The smallest absolute Gasteiger partial charge is 0.132 e. The zero-order valence-corrected chi connectivity index (χ0v) is 12.3. The molecule has 112 valence electrons. The Morgan fingerprint density at radius 3 is 2.95 bits per heavy atom. The summed E-state index contributed by atoms with van der Waals surface area (Å²) < 4.78 is 7.56. The number of rotatable bonds is 4. The molecule has 0 aromatic carbocycles. The van der Waals surface area contributed by atoms with Crippen molar-refractivity contribution in [2.24, 2.45) is 0 Å². The minimum atomic E-state index is 0.320. The van der Waals surface area contributed by atoms with Crippen LogP contribution in [0, 0.1) is 0 Å². The van der Waals surface area contributed by atoms with E-state index in [4.69, 9.17) is 10.5 Å². The fraction of sp³-hybridized carbons (Fsp3) is 0.467. The van der Waals surface area contributed by atoms with Crippen LogP contribution >= 0.6 is 0 Å². The largest absolute Gasteiger partial charge is 0.383 e. The maximum absolute atomic E-state index is 5.99. The lowest BCUT2D eigenvalue weighted by molar-refractivity contribution is 0.0326. The normalized spacial score (nSPS) is 17.8. The molecule has 3 rings (SSSR count). The molecule has 1 unspecified atom stereocenters. The molecule has 2 aromatic heterocycles. The Labute approximate surface area is 124 Å². The minimum absolute atomic E-state index is 0.320. The van der Waals surface area contributed by atoms with Crippen LogP contribution < -0.4 is 5.73 Å². The number of ether oxygens (including phenoxy) is 1. The Morgan fingerprint density at radius 2 is 2.19 bits per heavy atom. The molecule has 6 nitrogen and oxygen atoms in total. The predicted molar refractivity (Wildman–Crippen MR) is 81.8 cm³/mol. The Balaban J connectivity index is 1.80. The third kappa shape index (κ3) is 3.06. The zero-order chi connectivity index (χ0) is 14.7. The van der Waals surface area contributed by atoms with Gasteiger partial charge in [-0.2, -0.15) is 0 Å². The standard InChI is InChI=1S/C15H21N5O/c1-12(10-19-5-7-21-8-6-19)20-11-17-9-14(20)13-3-2-4-18-15(13)16/h2-4,9,11-12H,5-8,10H2,1H3,(H2,16,18). The Hall–Kier alpha value is -1.92. The van der Waals surface area contributed by atoms with Gasteiger partial charge in [0.25, 0.3) is 0 Å². The van der Waals surface area contributed by atoms with Gasteiger partial charge in [0.1, 0.15) is 5.82 Å². The minimum Gasteiger partial charge on any atom is -0.383 e. The van der Waals surface area contributed by atoms with E-state index in [-0.39, 0.29) is 0 Å². The molecular weight excluding hydrogens is 266 g/mol. The van der Waals surface area contributed by atoms with Gasteiger partial charge >= 0.3 is 0 Å². The second kappa shape index (κ2) is 6.24. The van der Waals surface area contributed by atoms with Crippen molar-refractivity contribution < 1.29 is 4.74 Å². The predicted octanol–water partition coefficient (Wildman–Crippen LogP) is 1.42. The van der Waals surface area contributed by atoms with Crippen LogP contribution in [0.2, 0.25) is 0 Å². The summed E-state index contributed by atoms with van der Waals surface area (Å²) in [5, 5.41) is 0. The van der Waals surface area contributed by atoms with Crippen LogP contribution in [-0.2, 0) is 4.74 Å². The molecule has 1 aliphatic heterocycles. The van der Waals surface area contributed by atoms with Crippen molar-refractivity contribution in [2.75, 3.05) is 38.6 Å². The monoisotopic (exact) mass is 287 g/mol. The summed E-state index contributed by atoms with van der Waals surface area (Å²) in [6.45, 7) is 6.80. The summed E-state index contributed by atoms with van der Waals surface area (Å²) in [6.07, 6.45) is 5.42. The fourth-order valence-corrected chi connectivity index (χ4v) is 2.74. The van der Waals surface area contributed by atoms with Crippen LogP contribution in [0.25, 0.3) is 11.3 Å². The maximum Gasteiger partial charge on any atom is 0.132 e. The van der Waals surface area contributed by atoms with Gasteiger partial charge in [-0.05, 0) is 19.1 Å². The van der Waals surface area contributed by atoms with Gasteiger partial charge in [0.05, 0.1) is 31.4 Å². The quantitative estimate of drug-likeness (QED) is 0.921. The number of imidazole rings is 1. The lowest BCUT2D eigenvalue weighted by atomic mass is 10.2. The van der Waals surface area contributed by atoms with Crippen molar-refractivity contribution in [3.05, 3.63) is 30.9 Å². The third-order valence-corrected chi connectivity index (χ3v) is 3.88. The van der Waals surface area contributed by atoms with Crippen molar-refractivity contribution in [1.82, 2.24) is 19.4 Å². The number of nitrogen functional groups attached to an aromatic ring is 1. The lowest BCUT2D eigenvalue weighted by Crippen LogP contribution is -2.39. The van der Waals surface area contributed by atoms with Crippen LogP contribution in [0.4, 0.5) is 5.82 Å². The van der Waals surface area contributed by atoms with Gasteiger partial charge in [0.15, 0.2) is 0 Å². The van der Waals surface area contributed by atoms with Crippen LogP contribution in [0.15, 0.2) is 30.9 Å². The fourth-order valence-electron chi connectivity index (χ4n) is 2.74. The Kier molecular flexibility index (Phi) is 4.17. The topological polar surface area (TPSA) is 69.2 Å². The highest BCUT2D eigenvalue weighted by Crippen LogP contribution is 2.26. The number of nitrogens with two attached hydrogens (primary N) is 1. The summed E-state index contributed by atoms with van der Waals surface area (Å²) in [6, 6.07) is 4.20. The lowest BCUT2D eigenvalue weighted by Gasteiger charge is -2.30. The number of morpholine rings is 1. The van der Waals surface area contributed by atoms with Crippen LogP contribution in [-0.4, -0.2) is 52.3 Å². The van der Waals surface area contributed by atoms with E-state index in [0.29, 0.717) is 11.9 Å². The van der Waals surface area contributed by atoms with E-state index in [2.05, 4.69) is 26.4 Å². The summed E-state index contributed by atoms with van der Waals surface area (Å²) >= 11 is 0. The molecule has 21 heavy (non-hydrogen) atoms. The van der Waals surface area contributed by atoms with E-state index in [1.54, 1.807) is 6.20 Å². The second-order valence-corrected chi connectivity index (χ2v) is 5.38. The van der Waals surface area contributed by atoms with Crippen molar-refractivity contribution >= 4 is 5.82 Å². The number of anilines is 1. The molecule has 0 spiro atoms. The first-order valence-electron chi connectivity index (χ1n) is 7.28. The summed E-state index contributed by atoms with van der Waals surface area (Å²) in [5.41, 5.74) is 7.94. The zero-order valence-electron chi connectivity index (χ0n) is 12.3. The maximum atomic E-state index is 5.99. The van der Waals surface area contributed by atoms with Crippen LogP contribution in [0.3, 0.4) is 0 Å². The summed E-state index contributed by atoms with van der Waals surface area (Å²) in [4.78, 5) is 10.9. The first-order chi connectivity index (χ1) is 10.3. The van der Waals surface area contributed by atoms with Gasteiger partial charge < -0.3 is 15.0 Å².